The summed E-state index contributed by atoms with van der Waals surface area (Å²) < 4.78 is 22.4. The molecule has 8 nitrogen and oxygen atoms in total. The van der Waals surface area contributed by atoms with Crippen LogP contribution in [0.4, 0.5) is 5.82 Å². The standard InChI is InChI=1S/C26H29N3O5/c1-31-26(30)24-17-28-25(18-27-24)29-12-10-21(11-13-29)32-14-15-33-22-8-5-9-23(16-22)34-19-20-6-3-2-4-7-20/h2-9,16-18,21H,10-15,19H2,1H3. The maximum absolute atomic E-state index is 11.5. The van der Waals surface area contributed by atoms with Gasteiger partial charge in [0.1, 0.15) is 30.5 Å². The Balaban J connectivity index is 1.15. The molecule has 0 saturated carbocycles. The largest absolute Gasteiger partial charge is 0.491 e. The van der Waals surface area contributed by atoms with Crippen molar-refractivity contribution in [2.75, 3.05) is 38.3 Å². The number of carbonyl (C=O) groups excluding carboxylic acids is 1. The molecule has 34 heavy (non-hydrogen) atoms. The summed E-state index contributed by atoms with van der Waals surface area (Å²) in [6.45, 7) is 3.15. The molecule has 0 amide bonds. The SMILES string of the molecule is COC(=O)c1cnc(N2CCC(OCCOc3cccc(OCc4ccccc4)c3)CC2)cn1. The molecular formula is C26H29N3O5. The molecule has 1 aromatic heterocycles. The van der Waals surface area contributed by atoms with Crippen LogP contribution in [-0.4, -0.2) is 55.5 Å². The number of benzene rings is 2. The van der Waals surface area contributed by atoms with E-state index in [1.165, 1.54) is 13.3 Å². The average molecular weight is 464 g/mol. The fraction of sp³-hybridized carbons (Fsp3) is 0.346. The maximum atomic E-state index is 11.5. The quantitative estimate of drug-likeness (QED) is 0.331. The van der Waals surface area contributed by atoms with Crippen molar-refractivity contribution in [1.82, 2.24) is 9.97 Å². The lowest BCUT2D eigenvalue weighted by molar-refractivity contribution is 0.0202. The maximum Gasteiger partial charge on any atom is 0.358 e. The highest BCUT2D eigenvalue weighted by molar-refractivity contribution is 5.86. The van der Waals surface area contributed by atoms with Gasteiger partial charge in [-0.3, -0.25) is 0 Å². The molecule has 0 bridgehead atoms. The summed E-state index contributed by atoms with van der Waals surface area (Å²) in [5, 5.41) is 0. The fourth-order valence-electron chi connectivity index (χ4n) is 3.72. The van der Waals surface area contributed by atoms with Gasteiger partial charge in [-0.2, -0.15) is 0 Å². The molecule has 2 aromatic carbocycles. The highest BCUT2D eigenvalue weighted by Crippen LogP contribution is 2.21. The van der Waals surface area contributed by atoms with Gasteiger partial charge in [0.15, 0.2) is 5.69 Å². The number of hydrogen-bond donors (Lipinski definition) is 0. The van der Waals surface area contributed by atoms with Gasteiger partial charge in [-0.1, -0.05) is 36.4 Å². The first kappa shape index (κ1) is 23.5. The van der Waals surface area contributed by atoms with Gasteiger partial charge < -0.3 is 23.8 Å². The van der Waals surface area contributed by atoms with Crippen LogP contribution in [0.5, 0.6) is 11.5 Å². The van der Waals surface area contributed by atoms with Gasteiger partial charge >= 0.3 is 5.97 Å². The Morgan fingerprint density at radius 1 is 0.941 bits per heavy atom. The van der Waals surface area contributed by atoms with Crippen LogP contribution in [0, 0.1) is 0 Å². The van der Waals surface area contributed by atoms with Crippen molar-refractivity contribution < 1.29 is 23.7 Å². The molecule has 1 aliphatic rings. The van der Waals surface area contributed by atoms with Gasteiger partial charge in [0.25, 0.3) is 0 Å². The third-order valence-corrected chi connectivity index (χ3v) is 5.56. The Labute approximate surface area is 199 Å². The number of nitrogens with zero attached hydrogens (tertiary/aromatic N) is 3. The van der Waals surface area contributed by atoms with Crippen molar-refractivity contribution in [1.29, 1.82) is 0 Å². The zero-order valence-corrected chi connectivity index (χ0v) is 19.3. The van der Waals surface area contributed by atoms with Crippen LogP contribution in [0.15, 0.2) is 67.0 Å². The summed E-state index contributed by atoms with van der Waals surface area (Å²) in [4.78, 5) is 22.1. The monoisotopic (exact) mass is 463 g/mol. The summed E-state index contributed by atoms with van der Waals surface area (Å²) >= 11 is 0. The van der Waals surface area contributed by atoms with Crippen molar-refractivity contribution >= 4 is 11.8 Å². The molecule has 0 radical (unpaired) electrons. The van der Waals surface area contributed by atoms with E-state index < -0.39 is 5.97 Å². The summed E-state index contributed by atoms with van der Waals surface area (Å²) in [5.74, 6) is 1.80. The van der Waals surface area contributed by atoms with Crippen molar-refractivity contribution in [2.45, 2.75) is 25.6 Å². The molecule has 0 unspecified atom stereocenters. The minimum absolute atomic E-state index is 0.183. The second kappa shape index (κ2) is 12.0. The van der Waals surface area contributed by atoms with E-state index in [9.17, 15) is 4.79 Å². The van der Waals surface area contributed by atoms with Crippen molar-refractivity contribution in [3.05, 3.63) is 78.2 Å². The Kier molecular flexibility index (Phi) is 8.29. The topological polar surface area (TPSA) is 83.0 Å². The van der Waals surface area contributed by atoms with Crippen molar-refractivity contribution in [3.8, 4) is 11.5 Å². The van der Waals surface area contributed by atoms with E-state index in [2.05, 4.69) is 19.6 Å². The number of ether oxygens (including phenoxy) is 4. The van der Waals surface area contributed by atoms with Gasteiger partial charge in [-0.25, -0.2) is 14.8 Å². The molecule has 1 fully saturated rings. The van der Waals surface area contributed by atoms with Crippen molar-refractivity contribution in [2.24, 2.45) is 0 Å². The number of carbonyl (C=O) groups is 1. The molecule has 1 aliphatic heterocycles. The highest BCUT2D eigenvalue weighted by Gasteiger charge is 2.21. The van der Waals surface area contributed by atoms with E-state index in [0.717, 1.165) is 48.8 Å². The molecule has 1 saturated heterocycles. The molecule has 0 spiro atoms. The molecule has 0 N–H and O–H groups in total. The Morgan fingerprint density at radius 3 is 2.41 bits per heavy atom. The van der Waals surface area contributed by atoms with Crippen LogP contribution in [-0.2, 0) is 16.1 Å². The third-order valence-electron chi connectivity index (χ3n) is 5.56. The Morgan fingerprint density at radius 2 is 1.71 bits per heavy atom. The number of methoxy groups -OCH3 is 1. The smallest absolute Gasteiger partial charge is 0.358 e. The number of anilines is 1. The van der Waals surface area contributed by atoms with Crippen LogP contribution in [0.25, 0.3) is 0 Å². The van der Waals surface area contributed by atoms with Crippen LogP contribution in [0.1, 0.15) is 28.9 Å². The van der Waals surface area contributed by atoms with Crippen molar-refractivity contribution in [3.63, 3.8) is 0 Å². The first-order valence-corrected chi connectivity index (χ1v) is 11.4. The second-order valence-electron chi connectivity index (χ2n) is 7.91. The van der Waals surface area contributed by atoms with Crippen LogP contribution in [0.2, 0.25) is 0 Å². The lowest BCUT2D eigenvalue weighted by atomic mass is 10.1. The molecule has 178 valence electrons. The highest BCUT2D eigenvalue weighted by atomic mass is 16.5. The minimum atomic E-state index is -0.486. The third kappa shape index (κ3) is 6.68. The molecule has 2 heterocycles. The van der Waals surface area contributed by atoms with Crippen LogP contribution < -0.4 is 14.4 Å². The van der Waals surface area contributed by atoms with Gasteiger partial charge in [0, 0.05) is 19.2 Å². The van der Waals surface area contributed by atoms with E-state index >= 15 is 0 Å². The summed E-state index contributed by atoms with van der Waals surface area (Å²) in [7, 11) is 1.33. The van der Waals surface area contributed by atoms with Crippen LogP contribution >= 0.6 is 0 Å². The normalized spacial score (nSPS) is 14.0. The Hall–Kier alpha value is -3.65. The Bertz CT molecular complexity index is 1040. The predicted octanol–water partition coefficient (Wildman–Crippen LogP) is 3.91. The summed E-state index contributed by atoms with van der Waals surface area (Å²) in [5.41, 5.74) is 1.33. The lowest BCUT2D eigenvalue weighted by Gasteiger charge is -2.32. The van der Waals surface area contributed by atoms with Crippen LogP contribution in [0.3, 0.4) is 0 Å². The van der Waals surface area contributed by atoms with Gasteiger partial charge in [0.05, 0.1) is 32.2 Å². The molecular weight excluding hydrogens is 434 g/mol. The number of piperidine rings is 1. The second-order valence-corrected chi connectivity index (χ2v) is 7.91. The van der Waals surface area contributed by atoms with E-state index in [1.54, 1.807) is 6.20 Å². The lowest BCUT2D eigenvalue weighted by Crippen LogP contribution is -2.38. The van der Waals surface area contributed by atoms with E-state index in [1.807, 2.05) is 54.6 Å². The molecule has 0 aliphatic carbocycles. The zero-order valence-electron chi connectivity index (χ0n) is 19.3. The van der Waals surface area contributed by atoms with E-state index in [0.29, 0.717) is 19.8 Å². The zero-order chi connectivity index (χ0) is 23.6. The molecule has 8 heteroatoms. The number of rotatable bonds is 10. The summed E-state index contributed by atoms with van der Waals surface area (Å²) in [6.07, 6.45) is 5.02. The van der Waals surface area contributed by atoms with Gasteiger partial charge in [0.2, 0.25) is 0 Å². The van der Waals surface area contributed by atoms with Gasteiger partial charge in [-0.05, 0) is 30.5 Å². The minimum Gasteiger partial charge on any atom is -0.491 e. The molecule has 3 aromatic rings. The first-order chi connectivity index (χ1) is 16.7. The van der Waals surface area contributed by atoms with E-state index in [-0.39, 0.29) is 11.8 Å². The molecule has 0 atom stereocenters. The average Bonchev–Trinajstić information content (AvgIpc) is 2.91. The predicted molar refractivity (Wildman–Crippen MR) is 127 cm³/mol. The van der Waals surface area contributed by atoms with Gasteiger partial charge in [-0.15, -0.1) is 0 Å². The molecule has 4 rings (SSSR count). The number of esters is 1. The number of hydrogen-bond acceptors (Lipinski definition) is 8. The van der Waals surface area contributed by atoms with E-state index in [4.69, 9.17) is 14.2 Å². The first-order valence-electron chi connectivity index (χ1n) is 11.4. The number of aromatic nitrogens is 2. The fourth-order valence-corrected chi connectivity index (χ4v) is 3.72. The summed E-state index contributed by atoms with van der Waals surface area (Å²) in [6, 6.07) is 17.7.